The first kappa shape index (κ1) is 10.2. The van der Waals surface area contributed by atoms with Gasteiger partial charge >= 0.3 is 30.4 Å². The molecule has 0 atom stereocenters. The molecule has 0 saturated carbocycles. The SMILES string of the molecule is O=S(=O)(O)O.[O]=[AlH]. The van der Waals surface area contributed by atoms with Crippen molar-refractivity contribution < 1.29 is 21.3 Å². The van der Waals surface area contributed by atoms with Gasteiger partial charge in [0.05, 0.1) is 0 Å². The van der Waals surface area contributed by atoms with Crippen LogP contribution in [-0.2, 0) is 14.2 Å². The van der Waals surface area contributed by atoms with Crippen LogP contribution >= 0.6 is 0 Å². The van der Waals surface area contributed by atoms with Gasteiger partial charge in [0, 0.05) is 0 Å². The summed E-state index contributed by atoms with van der Waals surface area (Å²) < 4.78 is 39.9. The van der Waals surface area contributed by atoms with E-state index in [0.717, 1.165) is 0 Å². The van der Waals surface area contributed by atoms with Crippen LogP contribution in [0.1, 0.15) is 0 Å². The number of rotatable bonds is 0. The zero-order valence-electron chi connectivity index (χ0n) is 3.23. The van der Waals surface area contributed by atoms with Gasteiger partial charge in [0.15, 0.2) is 0 Å². The van der Waals surface area contributed by atoms with E-state index in [4.69, 9.17) is 21.3 Å². The molecular formula is H3AlO5S. The standard InChI is InChI=1S/Al.H2O4S.O.H/c;1-5(2,3)4;;/h;(H2,1,2,3,4);;. The van der Waals surface area contributed by atoms with Gasteiger partial charge in [-0.2, -0.15) is 8.42 Å². The molecule has 0 fully saturated rings. The summed E-state index contributed by atoms with van der Waals surface area (Å²) >= 11 is 0.611. The average molecular weight is 142 g/mol. The molecule has 0 heterocycles. The Kier molecular flexibility index (Phi) is 6.38. The first-order chi connectivity index (χ1) is 3.00. The van der Waals surface area contributed by atoms with Gasteiger partial charge < -0.3 is 0 Å². The van der Waals surface area contributed by atoms with Gasteiger partial charge in [-0.1, -0.05) is 0 Å². The summed E-state index contributed by atoms with van der Waals surface area (Å²) in [4.78, 5) is 0. The Morgan fingerprint density at radius 2 is 1.14 bits per heavy atom. The van der Waals surface area contributed by atoms with E-state index in [-0.39, 0.29) is 0 Å². The van der Waals surface area contributed by atoms with E-state index in [1.165, 1.54) is 0 Å². The molecule has 0 radical (unpaired) electrons. The second-order valence-electron chi connectivity index (χ2n) is 0.448. The molecule has 5 nitrogen and oxygen atoms in total. The second kappa shape index (κ2) is 4.36. The van der Waals surface area contributed by atoms with Crippen molar-refractivity contribution in [2.75, 3.05) is 0 Å². The van der Waals surface area contributed by atoms with Crippen LogP contribution in [0.2, 0.25) is 0 Å². The van der Waals surface area contributed by atoms with Crippen molar-refractivity contribution in [3.05, 3.63) is 0 Å². The van der Waals surface area contributed by atoms with Crippen molar-refractivity contribution in [1.29, 1.82) is 0 Å². The van der Waals surface area contributed by atoms with Gasteiger partial charge in [0.25, 0.3) is 0 Å². The van der Waals surface area contributed by atoms with Crippen molar-refractivity contribution in [2.24, 2.45) is 0 Å². The summed E-state index contributed by atoms with van der Waals surface area (Å²) in [5, 5.41) is 0. The molecule has 0 bridgehead atoms. The van der Waals surface area contributed by atoms with Crippen LogP contribution in [0.4, 0.5) is 0 Å². The molecule has 0 rings (SSSR count). The van der Waals surface area contributed by atoms with E-state index in [2.05, 4.69) is 0 Å². The summed E-state index contributed by atoms with van der Waals surface area (Å²) in [7, 11) is -4.67. The van der Waals surface area contributed by atoms with E-state index in [1.54, 1.807) is 0 Å². The maximum absolute atomic E-state index is 8.74. The fourth-order valence-electron chi connectivity index (χ4n) is 0. The van der Waals surface area contributed by atoms with E-state index in [9.17, 15) is 0 Å². The van der Waals surface area contributed by atoms with Crippen LogP contribution in [0.15, 0.2) is 0 Å². The molecule has 7 heavy (non-hydrogen) atoms. The van der Waals surface area contributed by atoms with Gasteiger partial charge in [0.2, 0.25) is 0 Å². The van der Waals surface area contributed by atoms with Gasteiger partial charge in [0.1, 0.15) is 0 Å². The predicted molar refractivity (Wildman–Crippen MR) is 22.0 cm³/mol. The molecule has 0 unspecified atom stereocenters. The molecule has 0 aromatic rings. The zero-order valence-corrected chi connectivity index (χ0v) is 5.47. The minimum absolute atomic E-state index is 0.611. The molecule has 42 valence electrons. The van der Waals surface area contributed by atoms with E-state index in [1.807, 2.05) is 0 Å². The molecule has 0 aliphatic rings. The maximum atomic E-state index is 8.74. The van der Waals surface area contributed by atoms with Crippen LogP contribution in [0.3, 0.4) is 0 Å². The Hall–Kier alpha value is 0.202. The molecule has 0 aliphatic carbocycles. The molecular weight excluding hydrogens is 139 g/mol. The van der Waals surface area contributed by atoms with Crippen molar-refractivity contribution in [3.63, 3.8) is 0 Å². The fraction of sp³-hybridized carbons (Fsp3) is 0. The van der Waals surface area contributed by atoms with Gasteiger partial charge in [-0.15, -0.1) is 0 Å². The predicted octanol–water partition coefficient (Wildman–Crippen LogP) is -1.42. The molecule has 0 aromatic heterocycles. The van der Waals surface area contributed by atoms with E-state index < -0.39 is 10.4 Å². The van der Waals surface area contributed by atoms with Crippen LogP contribution in [0, 0.1) is 0 Å². The van der Waals surface area contributed by atoms with Crippen LogP contribution in [0.5, 0.6) is 0 Å². The third-order valence-electron chi connectivity index (χ3n) is 0. The molecule has 7 heteroatoms. The van der Waals surface area contributed by atoms with Crippen molar-refractivity contribution in [1.82, 2.24) is 0 Å². The third-order valence-corrected chi connectivity index (χ3v) is 0. The Balaban J connectivity index is 0. The Morgan fingerprint density at radius 1 is 1.14 bits per heavy atom. The average Bonchev–Trinajstić information content (AvgIpc) is 1.36. The zero-order chi connectivity index (χ0) is 6.50. The molecule has 0 amide bonds. The van der Waals surface area contributed by atoms with Crippen LogP contribution in [-0.4, -0.2) is 33.7 Å². The first-order valence-corrected chi connectivity index (χ1v) is 2.96. The topological polar surface area (TPSA) is 91.7 Å². The first-order valence-electron chi connectivity index (χ1n) is 0.987. The summed E-state index contributed by atoms with van der Waals surface area (Å²) in [5.41, 5.74) is 0. The van der Waals surface area contributed by atoms with E-state index >= 15 is 0 Å². The Labute approximate surface area is 48.6 Å². The summed E-state index contributed by atoms with van der Waals surface area (Å²) in [5.74, 6) is 0. The van der Waals surface area contributed by atoms with Crippen molar-refractivity contribution >= 4 is 26.6 Å². The minimum atomic E-state index is -4.67. The molecule has 0 saturated heterocycles. The summed E-state index contributed by atoms with van der Waals surface area (Å²) in [6.45, 7) is 0. The van der Waals surface area contributed by atoms with Crippen LogP contribution < -0.4 is 0 Å². The van der Waals surface area contributed by atoms with Crippen molar-refractivity contribution in [3.8, 4) is 0 Å². The van der Waals surface area contributed by atoms with Crippen molar-refractivity contribution in [2.45, 2.75) is 0 Å². The monoisotopic (exact) mass is 142 g/mol. The number of hydrogen-bond donors (Lipinski definition) is 2. The molecule has 0 spiro atoms. The van der Waals surface area contributed by atoms with Gasteiger partial charge in [-0.3, -0.25) is 9.11 Å². The quantitative estimate of drug-likeness (QED) is 0.320. The second-order valence-corrected chi connectivity index (χ2v) is 1.34. The molecule has 0 aromatic carbocycles. The summed E-state index contributed by atoms with van der Waals surface area (Å²) in [6.07, 6.45) is 0. The van der Waals surface area contributed by atoms with Gasteiger partial charge in [-0.25, -0.2) is 0 Å². The van der Waals surface area contributed by atoms with E-state index in [0.29, 0.717) is 16.2 Å². The number of hydrogen-bond acceptors (Lipinski definition) is 3. The Morgan fingerprint density at radius 3 is 1.14 bits per heavy atom. The normalized spacial score (nSPS) is 8.71. The molecule has 0 aliphatic heterocycles. The third kappa shape index (κ3) is 2670. The fourth-order valence-corrected chi connectivity index (χ4v) is 0. The van der Waals surface area contributed by atoms with Crippen LogP contribution in [0.25, 0.3) is 0 Å². The summed E-state index contributed by atoms with van der Waals surface area (Å²) in [6, 6.07) is 0. The Bertz CT molecular complexity index is 102. The van der Waals surface area contributed by atoms with Gasteiger partial charge in [-0.05, 0) is 0 Å². The molecule has 2 N–H and O–H groups in total.